The summed E-state index contributed by atoms with van der Waals surface area (Å²) in [6.45, 7) is 11.8. The van der Waals surface area contributed by atoms with Crippen molar-refractivity contribution in [1.29, 1.82) is 0 Å². The average Bonchev–Trinajstić information content (AvgIpc) is 3.54. The number of fused-ring (bicyclic) bond motifs is 2. The van der Waals surface area contributed by atoms with Crippen LogP contribution in [0.15, 0.2) is 48.8 Å². The molecule has 0 aliphatic heterocycles. The summed E-state index contributed by atoms with van der Waals surface area (Å²) in [5, 5.41) is 18.1. The molecule has 15 heteroatoms. The van der Waals surface area contributed by atoms with Crippen molar-refractivity contribution in [1.82, 2.24) is 35.3 Å². The number of carbonyl (C=O) groups is 2. The molecule has 0 saturated carbocycles. The minimum absolute atomic E-state index is 0.269. The second kappa shape index (κ2) is 14.2. The quantitative estimate of drug-likeness (QED) is 0.166. The molecule has 1 unspecified atom stereocenters. The van der Waals surface area contributed by atoms with E-state index in [1.165, 1.54) is 18.3 Å². The number of amides is 2. The highest BCUT2D eigenvalue weighted by atomic mass is 35.5. The molecule has 0 saturated heterocycles. The van der Waals surface area contributed by atoms with Gasteiger partial charge in [0.15, 0.2) is 0 Å². The number of halogens is 2. The molecule has 13 nitrogen and oxygen atoms in total. The zero-order valence-corrected chi connectivity index (χ0v) is 26.4. The molecule has 2 amide bonds. The minimum Gasteiger partial charge on any atom is -0.476 e. The number of H-pyrrole nitrogens is 1. The van der Waals surface area contributed by atoms with Crippen LogP contribution in [0.1, 0.15) is 53.1 Å². The zero-order valence-electron chi connectivity index (χ0n) is 25.6. The summed E-state index contributed by atoms with van der Waals surface area (Å²) in [7, 11) is 0. The Balaban J connectivity index is 0.000000210. The van der Waals surface area contributed by atoms with E-state index >= 15 is 0 Å². The molecule has 3 N–H and O–H groups in total. The molecule has 0 radical (unpaired) electrons. The van der Waals surface area contributed by atoms with Crippen LogP contribution in [0.2, 0.25) is 5.15 Å². The first kappa shape index (κ1) is 32.9. The third kappa shape index (κ3) is 8.56. The Morgan fingerprint density at radius 1 is 1.02 bits per heavy atom. The van der Waals surface area contributed by atoms with Gasteiger partial charge >= 0.3 is 12.1 Å². The van der Waals surface area contributed by atoms with Gasteiger partial charge in [-0.05, 0) is 59.2 Å². The lowest BCUT2D eigenvalue weighted by molar-refractivity contribution is 0.0520. The summed E-state index contributed by atoms with van der Waals surface area (Å²) in [6, 6.07) is 8.51. The molecule has 0 aliphatic rings. The van der Waals surface area contributed by atoms with Gasteiger partial charge in [-0.1, -0.05) is 23.7 Å². The van der Waals surface area contributed by atoms with Gasteiger partial charge < -0.3 is 19.5 Å². The number of benzene rings is 1. The highest BCUT2D eigenvalue weighted by Gasteiger charge is 2.23. The van der Waals surface area contributed by atoms with Crippen LogP contribution >= 0.6 is 11.6 Å². The van der Waals surface area contributed by atoms with E-state index in [1.54, 1.807) is 51.2 Å². The first-order chi connectivity index (χ1) is 21.4. The van der Waals surface area contributed by atoms with Crippen LogP contribution in [0, 0.1) is 5.82 Å². The molecule has 4 heterocycles. The molecule has 5 aromatic rings. The Bertz CT molecular complexity index is 1790. The molecule has 238 valence electrons. The highest BCUT2D eigenvalue weighted by molar-refractivity contribution is 6.30. The van der Waals surface area contributed by atoms with Crippen molar-refractivity contribution in [3.05, 3.63) is 65.3 Å². The Morgan fingerprint density at radius 2 is 1.69 bits per heavy atom. The van der Waals surface area contributed by atoms with E-state index in [0.29, 0.717) is 47.2 Å². The zero-order chi connectivity index (χ0) is 32.7. The lowest BCUT2D eigenvalue weighted by Crippen LogP contribution is -2.31. The van der Waals surface area contributed by atoms with Crippen molar-refractivity contribution in [3.8, 4) is 11.8 Å². The molecule has 0 bridgehead atoms. The van der Waals surface area contributed by atoms with Gasteiger partial charge in [0, 0.05) is 24.5 Å². The third-order valence-corrected chi connectivity index (χ3v) is 6.20. The van der Waals surface area contributed by atoms with E-state index < -0.39 is 17.7 Å². The third-order valence-electron chi connectivity index (χ3n) is 6.00. The first-order valence-corrected chi connectivity index (χ1v) is 14.5. The molecular weight excluding hydrogens is 607 g/mol. The van der Waals surface area contributed by atoms with E-state index in [9.17, 15) is 14.0 Å². The van der Waals surface area contributed by atoms with Crippen LogP contribution < -0.4 is 20.1 Å². The monoisotopic (exact) mass is 640 g/mol. The fourth-order valence-corrected chi connectivity index (χ4v) is 4.19. The summed E-state index contributed by atoms with van der Waals surface area (Å²) >= 11 is 5.87. The normalized spacial score (nSPS) is 11.8. The van der Waals surface area contributed by atoms with Gasteiger partial charge in [-0.3, -0.25) is 10.4 Å². The lowest BCUT2D eigenvalue weighted by Gasteiger charge is -2.19. The van der Waals surface area contributed by atoms with Gasteiger partial charge in [-0.25, -0.2) is 23.9 Å². The predicted molar refractivity (Wildman–Crippen MR) is 167 cm³/mol. The SMILES string of the molecule is CCOc1n[nH]c2cc(NC(=O)NC(C)c3ccc(F)cc3)ncc12.CCOc1nn(C(=O)OC(C)(C)C)c2cc(Cl)ncc12. The van der Waals surface area contributed by atoms with Gasteiger partial charge in [0.2, 0.25) is 11.8 Å². The van der Waals surface area contributed by atoms with E-state index in [-0.39, 0.29) is 17.0 Å². The van der Waals surface area contributed by atoms with Gasteiger partial charge in [0.05, 0.1) is 41.1 Å². The Morgan fingerprint density at radius 3 is 2.36 bits per heavy atom. The standard InChI is InChI=1S/C17H18FN5O2.C13H16ClN3O3/c1-3-25-16-13-9-19-15(8-14(13)22-23-16)21-17(24)20-10(2)11-4-6-12(18)7-5-11;1-5-19-11-8-7-15-10(14)6-9(8)17(16-11)12(18)20-13(2,3)4/h4-10H,3H2,1-2H3,(H,22,23)(H2,19,20,21,24);6-7H,5H2,1-4H3. The summed E-state index contributed by atoms with van der Waals surface area (Å²) in [5.74, 6) is 0.871. The number of aromatic amines is 1. The number of aromatic nitrogens is 6. The number of hydrogen-bond donors (Lipinski definition) is 3. The lowest BCUT2D eigenvalue weighted by atomic mass is 10.1. The minimum atomic E-state index is -0.613. The van der Waals surface area contributed by atoms with Gasteiger partial charge in [-0.2, -0.15) is 4.68 Å². The number of urea groups is 1. The summed E-state index contributed by atoms with van der Waals surface area (Å²) < 4.78 is 30.2. The average molecular weight is 641 g/mol. The number of nitrogens with one attached hydrogen (secondary N) is 3. The highest BCUT2D eigenvalue weighted by Crippen LogP contribution is 2.27. The maximum absolute atomic E-state index is 13.0. The van der Waals surface area contributed by atoms with Crippen molar-refractivity contribution < 1.29 is 28.2 Å². The van der Waals surface area contributed by atoms with Crippen LogP contribution in [0.4, 0.5) is 19.8 Å². The van der Waals surface area contributed by atoms with Crippen LogP contribution in [-0.2, 0) is 4.74 Å². The maximum atomic E-state index is 13.0. The largest absolute Gasteiger partial charge is 0.476 e. The van der Waals surface area contributed by atoms with Crippen LogP contribution in [-0.4, -0.2) is 60.9 Å². The van der Waals surface area contributed by atoms with E-state index in [4.69, 9.17) is 25.8 Å². The second-order valence-electron chi connectivity index (χ2n) is 10.6. The number of anilines is 1. The Labute approximate surface area is 263 Å². The number of carbonyl (C=O) groups excluding carboxylic acids is 2. The topological polar surface area (TPSA) is 158 Å². The Hall–Kier alpha value is -4.98. The summed E-state index contributed by atoms with van der Waals surface area (Å²) in [4.78, 5) is 32.5. The van der Waals surface area contributed by atoms with Crippen molar-refractivity contribution in [2.24, 2.45) is 0 Å². The Kier molecular flexibility index (Phi) is 10.4. The van der Waals surface area contributed by atoms with Gasteiger partial charge in [-0.15, -0.1) is 10.2 Å². The smallest absolute Gasteiger partial charge is 0.435 e. The van der Waals surface area contributed by atoms with Crippen molar-refractivity contribution >= 4 is 51.3 Å². The molecule has 5 rings (SSSR count). The van der Waals surface area contributed by atoms with E-state index in [1.807, 2.05) is 20.8 Å². The van der Waals surface area contributed by atoms with Crippen molar-refractivity contribution in [3.63, 3.8) is 0 Å². The fourth-order valence-electron chi connectivity index (χ4n) is 4.03. The van der Waals surface area contributed by atoms with Crippen LogP contribution in [0.3, 0.4) is 0 Å². The summed E-state index contributed by atoms with van der Waals surface area (Å²) in [6.07, 6.45) is 2.52. The molecule has 0 fully saturated rings. The van der Waals surface area contributed by atoms with Gasteiger partial charge in [0.25, 0.3) is 0 Å². The van der Waals surface area contributed by atoms with E-state index in [2.05, 4.69) is 35.9 Å². The predicted octanol–water partition coefficient (Wildman–Crippen LogP) is 6.65. The molecule has 45 heavy (non-hydrogen) atoms. The molecular formula is C30H34ClFN8O5. The van der Waals surface area contributed by atoms with Crippen molar-refractivity contribution in [2.45, 2.75) is 53.2 Å². The molecule has 0 aliphatic carbocycles. The fraction of sp³-hybridized carbons (Fsp3) is 0.333. The number of nitrogens with zero attached hydrogens (tertiary/aromatic N) is 5. The van der Waals surface area contributed by atoms with Crippen molar-refractivity contribution in [2.75, 3.05) is 18.5 Å². The first-order valence-electron chi connectivity index (χ1n) is 14.1. The van der Waals surface area contributed by atoms with Gasteiger partial charge in [0.1, 0.15) is 22.4 Å². The molecule has 1 atom stereocenters. The molecule has 1 aromatic carbocycles. The van der Waals surface area contributed by atoms with Crippen LogP contribution in [0.5, 0.6) is 11.8 Å². The molecule has 4 aromatic heterocycles. The van der Waals surface area contributed by atoms with E-state index in [0.717, 1.165) is 15.6 Å². The van der Waals surface area contributed by atoms with Crippen LogP contribution in [0.25, 0.3) is 21.8 Å². The summed E-state index contributed by atoms with van der Waals surface area (Å²) in [5.41, 5.74) is 1.40. The number of hydrogen-bond acceptors (Lipinski definition) is 9. The number of rotatable bonds is 7. The number of pyridine rings is 2. The second-order valence-corrected chi connectivity index (χ2v) is 11.0. The maximum Gasteiger partial charge on any atom is 0.435 e. The molecule has 0 spiro atoms. The number of ether oxygens (including phenoxy) is 3.